The normalized spacial score (nSPS) is 14.1. The third kappa shape index (κ3) is 7.00. The molecule has 1 amide bonds. The first-order valence-corrected chi connectivity index (χ1v) is 12.8. The Labute approximate surface area is 219 Å². The molecule has 0 spiro atoms. The van der Waals surface area contributed by atoms with Crippen molar-refractivity contribution in [3.05, 3.63) is 47.6 Å². The predicted octanol–water partition coefficient (Wildman–Crippen LogP) is 3.82. The number of ether oxygens (including phenoxy) is 2. The lowest BCUT2D eigenvalue weighted by Gasteiger charge is -2.32. The lowest BCUT2D eigenvalue weighted by Crippen LogP contribution is -2.34. The summed E-state index contributed by atoms with van der Waals surface area (Å²) in [6, 6.07) is 2.08. The van der Waals surface area contributed by atoms with Gasteiger partial charge < -0.3 is 24.2 Å². The van der Waals surface area contributed by atoms with Gasteiger partial charge in [-0.25, -0.2) is 18.7 Å². The minimum absolute atomic E-state index is 0.0654. The molecule has 1 aliphatic heterocycles. The van der Waals surface area contributed by atoms with Crippen molar-refractivity contribution in [2.24, 2.45) is 5.92 Å². The van der Waals surface area contributed by atoms with Crippen molar-refractivity contribution in [2.75, 3.05) is 44.9 Å². The topological polar surface area (TPSA) is 116 Å². The fourth-order valence-electron chi connectivity index (χ4n) is 4.30. The van der Waals surface area contributed by atoms with Gasteiger partial charge in [-0.3, -0.25) is 4.79 Å². The summed E-state index contributed by atoms with van der Waals surface area (Å²) in [6.07, 6.45) is 7.77. The lowest BCUT2D eigenvalue weighted by molar-refractivity contribution is 0.0928. The zero-order chi connectivity index (χ0) is 26.9. The van der Waals surface area contributed by atoms with Gasteiger partial charge in [0.25, 0.3) is 5.91 Å². The molecule has 1 aliphatic rings. The highest BCUT2D eigenvalue weighted by atomic mass is 19.1. The Kier molecular flexibility index (Phi) is 9.52. The maximum absolute atomic E-state index is 14.3. The Balaban J connectivity index is 1.18. The molecule has 1 N–H and O–H groups in total. The maximum atomic E-state index is 14.3. The maximum Gasteiger partial charge on any atom is 0.257 e. The highest BCUT2D eigenvalue weighted by molar-refractivity contribution is 5.94. The summed E-state index contributed by atoms with van der Waals surface area (Å²) in [5.41, 5.74) is 0.0890. The van der Waals surface area contributed by atoms with E-state index in [1.54, 1.807) is 12.4 Å². The molecule has 38 heavy (non-hydrogen) atoms. The van der Waals surface area contributed by atoms with Crippen molar-refractivity contribution in [1.29, 1.82) is 0 Å². The number of nitrogens with zero attached hydrogens (tertiary/aromatic N) is 5. The number of halogens is 2. The van der Waals surface area contributed by atoms with Crippen molar-refractivity contribution in [1.82, 2.24) is 25.4 Å². The summed E-state index contributed by atoms with van der Waals surface area (Å²) < 4.78 is 44.2. The Morgan fingerprint density at radius 1 is 1.16 bits per heavy atom. The number of hydrogen-bond acceptors (Lipinski definition) is 9. The second-order valence-corrected chi connectivity index (χ2v) is 9.07. The Morgan fingerprint density at radius 2 is 1.87 bits per heavy atom. The van der Waals surface area contributed by atoms with Crippen LogP contribution in [0.1, 0.15) is 48.9 Å². The minimum atomic E-state index is -0.958. The van der Waals surface area contributed by atoms with E-state index in [-0.39, 0.29) is 18.9 Å². The first kappa shape index (κ1) is 27.4. The molecule has 1 saturated heterocycles. The van der Waals surface area contributed by atoms with Gasteiger partial charge >= 0.3 is 0 Å². The van der Waals surface area contributed by atoms with Gasteiger partial charge in [0.15, 0.2) is 0 Å². The molecule has 0 unspecified atom stereocenters. The summed E-state index contributed by atoms with van der Waals surface area (Å²) >= 11 is 0. The first-order chi connectivity index (χ1) is 18.5. The van der Waals surface area contributed by atoms with Crippen LogP contribution in [0.2, 0.25) is 0 Å². The first-order valence-electron chi connectivity index (χ1n) is 12.8. The predicted molar refractivity (Wildman–Crippen MR) is 135 cm³/mol. The van der Waals surface area contributed by atoms with Crippen LogP contribution in [0.25, 0.3) is 11.4 Å². The molecule has 0 radical (unpaired) electrons. The Bertz CT molecular complexity index is 1180. The number of aromatic nitrogens is 4. The molecule has 2 aromatic heterocycles. The van der Waals surface area contributed by atoms with Crippen molar-refractivity contribution in [3.63, 3.8) is 0 Å². The van der Waals surface area contributed by atoms with Crippen LogP contribution in [0.15, 0.2) is 29.0 Å². The van der Waals surface area contributed by atoms with Crippen molar-refractivity contribution >= 4 is 11.9 Å². The molecule has 0 aliphatic carbocycles. The molecule has 0 atom stereocenters. The number of aryl methyl sites for hydroxylation is 1. The molecular formula is C26H32F2N6O4. The van der Waals surface area contributed by atoms with Crippen LogP contribution in [0.4, 0.5) is 14.7 Å². The smallest absolute Gasteiger partial charge is 0.257 e. The molecule has 12 heteroatoms. The van der Waals surface area contributed by atoms with E-state index in [1.807, 2.05) is 6.92 Å². The molecule has 4 rings (SSSR count). The Hall–Kier alpha value is -3.67. The number of carbonyl (C=O) groups excluding carboxylic acids is 1. The SMILES string of the molecule is CCc1nc(-c2cnc(N3CCC(CCCOc4cc(F)c(C(=O)NCCOC)c(F)c4)CC3)nc2)no1. The molecule has 1 aromatic carbocycles. The van der Waals surface area contributed by atoms with E-state index < -0.39 is 23.1 Å². The highest BCUT2D eigenvalue weighted by Crippen LogP contribution is 2.26. The number of nitrogens with one attached hydrogen (secondary N) is 1. The van der Waals surface area contributed by atoms with Crippen LogP contribution in [0.3, 0.4) is 0 Å². The van der Waals surface area contributed by atoms with Crippen molar-refractivity contribution in [3.8, 4) is 17.1 Å². The van der Waals surface area contributed by atoms with Crippen LogP contribution >= 0.6 is 0 Å². The van der Waals surface area contributed by atoms with Gasteiger partial charge in [-0.1, -0.05) is 12.1 Å². The van der Waals surface area contributed by atoms with Gasteiger partial charge in [-0.05, 0) is 31.6 Å². The van der Waals surface area contributed by atoms with E-state index in [0.29, 0.717) is 42.2 Å². The van der Waals surface area contributed by atoms with Crippen molar-refractivity contribution < 1.29 is 27.6 Å². The molecule has 10 nitrogen and oxygen atoms in total. The monoisotopic (exact) mass is 530 g/mol. The van der Waals surface area contributed by atoms with E-state index in [2.05, 4.69) is 30.3 Å². The summed E-state index contributed by atoms with van der Waals surface area (Å²) in [6.45, 7) is 4.38. The number of piperidine rings is 1. The molecule has 3 heterocycles. The van der Waals surface area contributed by atoms with Crippen LogP contribution in [0.5, 0.6) is 5.75 Å². The molecular weight excluding hydrogens is 498 g/mol. The van der Waals surface area contributed by atoms with E-state index in [9.17, 15) is 13.6 Å². The minimum Gasteiger partial charge on any atom is -0.493 e. The van der Waals surface area contributed by atoms with Gasteiger partial charge in [0, 0.05) is 57.7 Å². The number of benzene rings is 1. The van der Waals surface area contributed by atoms with E-state index >= 15 is 0 Å². The molecule has 0 saturated carbocycles. The number of hydrogen-bond donors (Lipinski definition) is 1. The lowest BCUT2D eigenvalue weighted by atomic mass is 9.92. The van der Waals surface area contributed by atoms with Gasteiger partial charge in [-0.15, -0.1) is 0 Å². The zero-order valence-electron chi connectivity index (χ0n) is 21.6. The second kappa shape index (κ2) is 13.2. The largest absolute Gasteiger partial charge is 0.493 e. The fourth-order valence-corrected chi connectivity index (χ4v) is 4.30. The number of amides is 1. The highest BCUT2D eigenvalue weighted by Gasteiger charge is 2.22. The summed E-state index contributed by atoms with van der Waals surface area (Å²) in [7, 11) is 1.47. The van der Waals surface area contributed by atoms with Gasteiger partial charge in [0.2, 0.25) is 17.7 Å². The number of rotatable bonds is 12. The van der Waals surface area contributed by atoms with E-state index in [0.717, 1.165) is 50.9 Å². The van der Waals surface area contributed by atoms with Gasteiger partial charge in [-0.2, -0.15) is 4.98 Å². The molecule has 204 valence electrons. The molecule has 0 bridgehead atoms. The standard InChI is InChI=1S/C26H32F2N6O4/c1-3-22-32-24(33-38-22)18-15-30-26(31-16-18)34-9-6-17(7-10-34)5-4-11-37-19-13-20(27)23(21(28)14-19)25(35)29-8-12-36-2/h13-17H,3-12H2,1-2H3,(H,29,35). The Morgan fingerprint density at radius 3 is 2.50 bits per heavy atom. The third-order valence-corrected chi connectivity index (χ3v) is 6.42. The van der Waals surface area contributed by atoms with E-state index in [1.165, 1.54) is 7.11 Å². The average Bonchev–Trinajstić information content (AvgIpc) is 3.41. The summed E-state index contributed by atoms with van der Waals surface area (Å²) in [5.74, 6) is -0.417. The van der Waals surface area contributed by atoms with Gasteiger partial charge in [0.05, 0.1) is 18.8 Å². The third-order valence-electron chi connectivity index (χ3n) is 6.42. The summed E-state index contributed by atoms with van der Waals surface area (Å²) in [4.78, 5) is 27.4. The van der Waals surface area contributed by atoms with Crippen molar-refractivity contribution in [2.45, 2.75) is 39.0 Å². The quantitative estimate of drug-likeness (QED) is 0.349. The molecule has 1 fully saturated rings. The zero-order valence-corrected chi connectivity index (χ0v) is 21.6. The van der Waals surface area contributed by atoms with Crippen LogP contribution in [-0.2, 0) is 11.2 Å². The second-order valence-electron chi connectivity index (χ2n) is 9.07. The number of methoxy groups -OCH3 is 1. The van der Waals surface area contributed by atoms with Crippen LogP contribution in [0, 0.1) is 17.6 Å². The van der Waals surface area contributed by atoms with Crippen LogP contribution < -0.4 is 15.0 Å². The fraction of sp³-hybridized carbons (Fsp3) is 0.500. The number of anilines is 1. The number of carbonyl (C=O) groups is 1. The van der Waals surface area contributed by atoms with Gasteiger partial charge in [0.1, 0.15) is 22.9 Å². The molecule has 3 aromatic rings. The van der Waals surface area contributed by atoms with Crippen LogP contribution in [-0.4, -0.2) is 66.0 Å². The van der Waals surface area contributed by atoms with E-state index in [4.69, 9.17) is 14.0 Å². The summed E-state index contributed by atoms with van der Waals surface area (Å²) in [5, 5.41) is 6.36. The average molecular weight is 531 g/mol.